The van der Waals surface area contributed by atoms with Crippen molar-refractivity contribution in [2.45, 2.75) is 23.7 Å². The molecule has 6 aromatic rings. The van der Waals surface area contributed by atoms with Crippen LogP contribution in [0.2, 0.25) is 0 Å². The van der Waals surface area contributed by atoms with E-state index >= 15 is 0 Å². The van der Waals surface area contributed by atoms with Crippen LogP contribution in [0.15, 0.2) is 158 Å². The highest BCUT2D eigenvalue weighted by molar-refractivity contribution is 5.51. The minimum Gasteiger partial charge on any atom is -0.497 e. The van der Waals surface area contributed by atoms with Crippen molar-refractivity contribution in [3.8, 4) is 23.0 Å². The summed E-state index contributed by atoms with van der Waals surface area (Å²) in [5, 5.41) is 11.7. The van der Waals surface area contributed by atoms with Crippen molar-refractivity contribution in [3.05, 3.63) is 191 Å². The molecule has 0 spiro atoms. The number of rotatable bonds is 17. The molecule has 0 aliphatic carbocycles. The standard InChI is InChI=1S/C46H46O7/c1-48-41-23-15-36(16-24-41)45(34-11-7-5-8-12-34,37-17-25-42(49-2)26-18-37)52-32-31-40(47)33-53-46(35-13-9-6-10-14-35,38-19-27-43(50-3)28-20-38)39-21-29-44(51-4)30-22-39/h5-30,40,47H,31-33H2,1-4H3/t40-/m0/s1. The Morgan fingerprint density at radius 3 is 0.981 bits per heavy atom. The van der Waals surface area contributed by atoms with Crippen LogP contribution >= 0.6 is 0 Å². The van der Waals surface area contributed by atoms with Crippen LogP contribution in [-0.4, -0.2) is 52.9 Å². The number of aliphatic hydroxyl groups is 1. The van der Waals surface area contributed by atoms with Crippen LogP contribution in [0.3, 0.4) is 0 Å². The smallest absolute Gasteiger partial charge is 0.143 e. The number of methoxy groups -OCH3 is 4. The summed E-state index contributed by atoms with van der Waals surface area (Å²) in [5.41, 5.74) is 3.43. The van der Waals surface area contributed by atoms with E-state index in [1.54, 1.807) is 28.4 Å². The Morgan fingerprint density at radius 1 is 0.396 bits per heavy atom. The van der Waals surface area contributed by atoms with Crippen molar-refractivity contribution < 1.29 is 33.5 Å². The van der Waals surface area contributed by atoms with Gasteiger partial charge in [0, 0.05) is 0 Å². The minimum absolute atomic E-state index is 0.0275. The number of ether oxygens (including phenoxy) is 6. The summed E-state index contributed by atoms with van der Waals surface area (Å²) in [6.45, 7) is 0.251. The first-order chi connectivity index (χ1) is 26.0. The van der Waals surface area contributed by atoms with E-state index in [4.69, 9.17) is 28.4 Å². The fourth-order valence-electron chi connectivity index (χ4n) is 6.80. The molecule has 0 saturated heterocycles. The van der Waals surface area contributed by atoms with E-state index in [-0.39, 0.29) is 13.2 Å². The molecule has 53 heavy (non-hydrogen) atoms. The summed E-state index contributed by atoms with van der Waals surface area (Å²) in [6, 6.07) is 51.7. The molecule has 7 heteroatoms. The molecule has 6 rings (SSSR count). The van der Waals surface area contributed by atoms with Gasteiger partial charge < -0.3 is 33.5 Å². The second kappa shape index (κ2) is 17.3. The Hall–Kier alpha value is -5.60. The molecule has 1 N–H and O–H groups in total. The molecule has 0 radical (unpaired) electrons. The van der Waals surface area contributed by atoms with Gasteiger partial charge in [0.25, 0.3) is 0 Å². The van der Waals surface area contributed by atoms with E-state index in [9.17, 15) is 5.11 Å². The van der Waals surface area contributed by atoms with E-state index in [0.29, 0.717) is 6.42 Å². The van der Waals surface area contributed by atoms with Gasteiger partial charge in [-0.2, -0.15) is 0 Å². The van der Waals surface area contributed by atoms with Crippen molar-refractivity contribution in [2.75, 3.05) is 41.7 Å². The summed E-state index contributed by atoms with van der Waals surface area (Å²) in [6.07, 6.45) is -0.563. The monoisotopic (exact) mass is 710 g/mol. The van der Waals surface area contributed by atoms with Gasteiger partial charge in [0.1, 0.15) is 34.2 Å². The average molecular weight is 711 g/mol. The van der Waals surface area contributed by atoms with Crippen molar-refractivity contribution in [3.63, 3.8) is 0 Å². The highest BCUT2D eigenvalue weighted by atomic mass is 16.5. The lowest BCUT2D eigenvalue weighted by Gasteiger charge is -2.37. The molecule has 272 valence electrons. The van der Waals surface area contributed by atoms with Crippen LogP contribution in [0.25, 0.3) is 0 Å². The van der Waals surface area contributed by atoms with Gasteiger partial charge in [-0.15, -0.1) is 0 Å². The quantitative estimate of drug-likeness (QED) is 0.0949. The van der Waals surface area contributed by atoms with Crippen molar-refractivity contribution in [1.29, 1.82) is 0 Å². The molecule has 6 aromatic carbocycles. The molecular weight excluding hydrogens is 664 g/mol. The van der Waals surface area contributed by atoms with Crippen molar-refractivity contribution in [1.82, 2.24) is 0 Å². The fraction of sp³-hybridized carbons (Fsp3) is 0.217. The lowest BCUT2D eigenvalue weighted by atomic mass is 9.80. The zero-order valence-corrected chi connectivity index (χ0v) is 30.6. The predicted octanol–water partition coefficient (Wildman–Crippen LogP) is 8.79. The third-order valence-electron chi connectivity index (χ3n) is 9.61. The van der Waals surface area contributed by atoms with E-state index in [1.165, 1.54) is 0 Å². The summed E-state index contributed by atoms with van der Waals surface area (Å²) in [7, 11) is 6.60. The van der Waals surface area contributed by atoms with Crippen molar-refractivity contribution >= 4 is 0 Å². The Labute approximate surface area is 312 Å². The molecular formula is C46H46O7. The maximum absolute atomic E-state index is 11.7. The van der Waals surface area contributed by atoms with E-state index < -0.39 is 17.3 Å². The predicted molar refractivity (Wildman–Crippen MR) is 207 cm³/mol. The number of aliphatic hydroxyl groups excluding tert-OH is 1. The first-order valence-electron chi connectivity index (χ1n) is 17.6. The molecule has 0 unspecified atom stereocenters. The van der Waals surface area contributed by atoms with Crippen LogP contribution in [0.5, 0.6) is 23.0 Å². The number of hydrogen-bond donors (Lipinski definition) is 1. The maximum Gasteiger partial charge on any atom is 0.143 e. The SMILES string of the molecule is COc1ccc(C(OCC[C@H](O)COC(c2ccccc2)(c2ccc(OC)cc2)c2ccc(OC)cc2)(c2ccccc2)c2ccc(OC)cc2)cc1. The number of hydrogen-bond acceptors (Lipinski definition) is 7. The first kappa shape index (κ1) is 37.2. The van der Waals surface area contributed by atoms with Crippen LogP contribution in [0, 0.1) is 0 Å². The molecule has 7 nitrogen and oxygen atoms in total. The van der Waals surface area contributed by atoms with Gasteiger partial charge in [0.05, 0.1) is 47.8 Å². The van der Waals surface area contributed by atoms with Crippen LogP contribution < -0.4 is 18.9 Å². The Morgan fingerprint density at radius 2 is 0.679 bits per heavy atom. The Kier molecular flexibility index (Phi) is 12.1. The molecule has 0 fully saturated rings. The van der Waals surface area contributed by atoms with E-state index in [0.717, 1.165) is 56.4 Å². The normalized spacial score (nSPS) is 12.2. The van der Waals surface area contributed by atoms with Gasteiger partial charge in [-0.3, -0.25) is 0 Å². The van der Waals surface area contributed by atoms with Gasteiger partial charge in [-0.25, -0.2) is 0 Å². The van der Waals surface area contributed by atoms with Crippen LogP contribution in [-0.2, 0) is 20.7 Å². The molecule has 0 heterocycles. The molecule has 0 amide bonds. The van der Waals surface area contributed by atoms with Crippen molar-refractivity contribution in [2.24, 2.45) is 0 Å². The zero-order chi connectivity index (χ0) is 37.1. The minimum atomic E-state index is -1.05. The fourth-order valence-corrected chi connectivity index (χ4v) is 6.80. The number of benzene rings is 6. The summed E-state index contributed by atoms with van der Waals surface area (Å²) in [5.74, 6) is 2.96. The largest absolute Gasteiger partial charge is 0.497 e. The maximum atomic E-state index is 11.7. The third kappa shape index (κ3) is 7.93. The first-order valence-corrected chi connectivity index (χ1v) is 17.6. The summed E-state index contributed by atoms with van der Waals surface area (Å²) in [4.78, 5) is 0. The molecule has 0 aromatic heterocycles. The molecule has 0 aliphatic rings. The van der Waals surface area contributed by atoms with Gasteiger partial charge in [-0.1, -0.05) is 109 Å². The second-order valence-corrected chi connectivity index (χ2v) is 12.6. The molecule has 0 aliphatic heterocycles. The second-order valence-electron chi connectivity index (χ2n) is 12.6. The lowest BCUT2D eigenvalue weighted by molar-refractivity contribution is -0.0575. The molecule has 1 atom stereocenters. The highest BCUT2D eigenvalue weighted by Gasteiger charge is 2.40. The van der Waals surface area contributed by atoms with Gasteiger partial charge >= 0.3 is 0 Å². The Bertz CT molecular complexity index is 1880. The Balaban J connectivity index is 1.33. The van der Waals surface area contributed by atoms with Gasteiger partial charge in [-0.05, 0) is 88.3 Å². The lowest BCUT2D eigenvalue weighted by Crippen LogP contribution is -2.37. The molecule has 0 bridgehead atoms. The highest BCUT2D eigenvalue weighted by Crippen LogP contribution is 2.43. The summed E-state index contributed by atoms with van der Waals surface area (Å²) >= 11 is 0. The van der Waals surface area contributed by atoms with Gasteiger partial charge in [0.2, 0.25) is 0 Å². The van der Waals surface area contributed by atoms with Crippen LogP contribution in [0.4, 0.5) is 0 Å². The topological polar surface area (TPSA) is 75.6 Å². The zero-order valence-electron chi connectivity index (χ0n) is 30.6. The van der Waals surface area contributed by atoms with Gasteiger partial charge in [0.15, 0.2) is 0 Å². The van der Waals surface area contributed by atoms with Crippen LogP contribution in [0.1, 0.15) is 39.8 Å². The molecule has 0 saturated carbocycles. The summed E-state index contributed by atoms with van der Waals surface area (Å²) < 4.78 is 35.9. The van der Waals surface area contributed by atoms with E-state index in [2.05, 4.69) is 12.1 Å². The third-order valence-corrected chi connectivity index (χ3v) is 9.61. The van der Waals surface area contributed by atoms with E-state index in [1.807, 2.05) is 146 Å². The average Bonchev–Trinajstić information content (AvgIpc) is 3.24.